The van der Waals surface area contributed by atoms with Crippen molar-refractivity contribution in [3.63, 3.8) is 0 Å². The van der Waals surface area contributed by atoms with Crippen LogP contribution >= 0.6 is 0 Å². The molecule has 7 nitrogen and oxygen atoms in total. The molecule has 240 valence electrons. The van der Waals surface area contributed by atoms with Gasteiger partial charge >= 0.3 is 0 Å². The first-order valence-corrected chi connectivity index (χ1v) is 17.6. The van der Waals surface area contributed by atoms with Crippen molar-refractivity contribution in [3.05, 3.63) is 137 Å². The number of carbonyl (C=O) groups is 2. The minimum Gasteiger partial charge on any atom is -0.391 e. The molecule has 46 heavy (non-hydrogen) atoms. The van der Waals surface area contributed by atoms with E-state index < -0.39 is 16.1 Å². The van der Waals surface area contributed by atoms with Crippen molar-refractivity contribution in [2.75, 3.05) is 24.2 Å². The smallest absolute Gasteiger partial charge is 0.231 e. The third-order valence-corrected chi connectivity index (χ3v) is 10.2. The normalized spacial score (nSPS) is 17.2. The van der Waals surface area contributed by atoms with Gasteiger partial charge in [0.15, 0.2) is 11.6 Å². The van der Waals surface area contributed by atoms with Crippen molar-refractivity contribution in [3.8, 4) is 0 Å². The predicted molar refractivity (Wildman–Crippen MR) is 183 cm³/mol. The van der Waals surface area contributed by atoms with Crippen molar-refractivity contribution < 1.29 is 23.1 Å². The Morgan fingerprint density at radius 2 is 1.46 bits per heavy atom. The first kappa shape index (κ1) is 33.3. The fraction of sp³-hybridized carbons (Fsp3) is 0.316. The third-order valence-electron chi connectivity index (χ3n) is 8.95. The number of Topliss-reactive ketones (excluding diaryl/α,β-unsaturated/α-hetero) is 2. The minimum atomic E-state index is -3.64. The fourth-order valence-corrected chi connectivity index (χ4v) is 6.75. The van der Waals surface area contributed by atoms with Gasteiger partial charge in [0.05, 0.1) is 24.1 Å². The van der Waals surface area contributed by atoms with Crippen molar-refractivity contribution in [2.24, 2.45) is 5.92 Å². The number of hydrogen-bond donors (Lipinski definition) is 2. The van der Waals surface area contributed by atoms with Crippen LogP contribution in [-0.2, 0) is 22.9 Å². The number of aliphatic hydroxyl groups is 1. The number of anilines is 1. The Morgan fingerprint density at radius 1 is 0.870 bits per heavy atom. The van der Waals surface area contributed by atoms with Crippen LogP contribution in [0, 0.1) is 5.92 Å². The molecule has 0 fully saturated rings. The highest BCUT2D eigenvalue weighted by Gasteiger charge is 2.31. The Morgan fingerprint density at radius 3 is 2.11 bits per heavy atom. The lowest BCUT2D eigenvalue weighted by Crippen LogP contribution is -2.34. The lowest BCUT2D eigenvalue weighted by atomic mass is 9.89. The fourth-order valence-electron chi connectivity index (χ4n) is 6.26. The Bertz CT molecular complexity index is 1780. The summed E-state index contributed by atoms with van der Waals surface area (Å²) in [7, 11) is -2.22. The second-order valence-electron chi connectivity index (χ2n) is 12.5. The Kier molecular flexibility index (Phi) is 10.5. The summed E-state index contributed by atoms with van der Waals surface area (Å²) in [5, 5.41) is 14.4. The third kappa shape index (κ3) is 8.18. The van der Waals surface area contributed by atoms with Gasteiger partial charge in [0, 0.05) is 37.4 Å². The van der Waals surface area contributed by atoms with Gasteiger partial charge in [-0.15, -0.1) is 0 Å². The number of ketones is 2. The number of nitrogens with zero attached hydrogens (tertiary/aromatic N) is 1. The standard InChI is InChI=1S/C38H42N2O5S/c1-26(29-14-8-5-9-15-29)18-35(41)31-21-32(23-33(22-31)40(2)46(3,44)45)36(42)20-28(19-27-12-6-4-7-13-27)25-39-38-34-17-11-10-16-30(34)24-37(38)43/h4-17,21-23,26,28,37-39,43H,18-20,24-25H2,1-3H3/t26-,28+,37+,38-/m0/s1. The molecule has 0 heterocycles. The van der Waals surface area contributed by atoms with Crippen LogP contribution < -0.4 is 9.62 Å². The first-order valence-electron chi connectivity index (χ1n) is 15.7. The predicted octanol–water partition coefficient (Wildman–Crippen LogP) is 6.14. The molecule has 2 N–H and O–H groups in total. The SMILES string of the molecule is C[C@@H](CC(=O)c1cc(C(=O)C[C@H](CN[C@H]2c3ccccc3C[C@H]2O)Cc2ccccc2)cc(N(C)S(C)(=O)=O)c1)c1ccccc1. The topological polar surface area (TPSA) is 104 Å². The molecule has 4 atom stereocenters. The van der Waals surface area contributed by atoms with E-state index in [9.17, 15) is 23.1 Å². The molecule has 0 spiro atoms. The number of nitrogens with one attached hydrogen (secondary N) is 1. The largest absolute Gasteiger partial charge is 0.391 e. The molecule has 0 saturated heterocycles. The molecule has 0 unspecified atom stereocenters. The minimum absolute atomic E-state index is 0.0541. The van der Waals surface area contributed by atoms with Crippen LogP contribution in [0.4, 0.5) is 5.69 Å². The molecule has 0 saturated carbocycles. The van der Waals surface area contributed by atoms with Gasteiger partial charge < -0.3 is 10.4 Å². The molecular weight excluding hydrogens is 596 g/mol. The summed E-state index contributed by atoms with van der Waals surface area (Å²) in [5.74, 6) is -0.514. The van der Waals surface area contributed by atoms with E-state index in [2.05, 4.69) is 5.32 Å². The van der Waals surface area contributed by atoms with Gasteiger partial charge in [-0.3, -0.25) is 13.9 Å². The molecular formula is C38H42N2O5S. The van der Waals surface area contributed by atoms with Crippen LogP contribution in [0.25, 0.3) is 0 Å². The molecule has 1 aliphatic carbocycles. The maximum absolute atomic E-state index is 14.0. The van der Waals surface area contributed by atoms with Gasteiger partial charge in [-0.05, 0) is 65.3 Å². The van der Waals surface area contributed by atoms with Gasteiger partial charge in [0.25, 0.3) is 0 Å². The number of benzene rings is 4. The van der Waals surface area contributed by atoms with E-state index in [1.165, 1.54) is 7.05 Å². The number of hydrogen-bond acceptors (Lipinski definition) is 6. The maximum atomic E-state index is 14.0. The zero-order valence-corrected chi connectivity index (χ0v) is 27.4. The number of sulfonamides is 1. The zero-order valence-electron chi connectivity index (χ0n) is 26.6. The van der Waals surface area contributed by atoms with Gasteiger partial charge in [-0.1, -0.05) is 91.9 Å². The number of carbonyl (C=O) groups excluding carboxylic acids is 2. The molecule has 0 aliphatic heterocycles. The quantitative estimate of drug-likeness (QED) is 0.161. The zero-order chi connectivity index (χ0) is 32.8. The molecule has 0 amide bonds. The van der Waals surface area contributed by atoms with Crippen LogP contribution in [0.1, 0.15) is 74.7 Å². The van der Waals surface area contributed by atoms with E-state index in [0.29, 0.717) is 30.5 Å². The monoisotopic (exact) mass is 638 g/mol. The maximum Gasteiger partial charge on any atom is 0.231 e. The Hall–Kier alpha value is -4.11. The molecule has 0 bridgehead atoms. The summed E-state index contributed by atoms with van der Waals surface area (Å²) in [6.45, 7) is 2.46. The van der Waals surface area contributed by atoms with E-state index in [1.807, 2.05) is 91.9 Å². The average molecular weight is 639 g/mol. The van der Waals surface area contributed by atoms with Crippen LogP contribution in [0.3, 0.4) is 0 Å². The van der Waals surface area contributed by atoms with Gasteiger partial charge in [-0.2, -0.15) is 0 Å². The van der Waals surface area contributed by atoms with E-state index >= 15 is 0 Å². The summed E-state index contributed by atoms with van der Waals surface area (Å²) in [5.41, 5.74) is 5.19. The molecule has 5 rings (SSSR count). The van der Waals surface area contributed by atoms with Crippen LogP contribution in [0.15, 0.2) is 103 Å². The molecule has 8 heteroatoms. The van der Waals surface area contributed by atoms with Gasteiger partial charge in [0.2, 0.25) is 10.0 Å². The highest BCUT2D eigenvalue weighted by Crippen LogP contribution is 2.32. The molecule has 4 aromatic carbocycles. The molecule has 1 aliphatic rings. The second kappa shape index (κ2) is 14.5. The van der Waals surface area contributed by atoms with E-state index in [0.717, 1.165) is 32.8 Å². The van der Waals surface area contributed by atoms with E-state index in [4.69, 9.17) is 0 Å². The summed E-state index contributed by atoms with van der Waals surface area (Å²) in [6, 6.07) is 32.2. The number of rotatable bonds is 14. The highest BCUT2D eigenvalue weighted by atomic mass is 32.2. The van der Waals surface area contributed by atoms with Crippen molar-refractivity contribution in [1.29, 1.82) is 0 Å². The van der Waals surface area contributed by atoms with Crippen molar-refractivity contribution >= 4 is 27.3 Å². The Labute approximate surface area is 272 Å². The van der Waals surface area contributed by atoms with Crippen LogP contribution in [-0.4, -0.2) is 51.0 Å². The Balaban J connectivity index is 1.40. The molecule has 0 radical (unpaired) electrons. The highest BCUT2D eigenvalue weighted by molar-refractivity contribution is 7.92. The molecule has 4 aromatic rings. The summed E-state index contributed by atoms with van der Waals surface area (Å²) in [4.78, 5) is 27.5. The van der Waals surface area contributed by atoms with Crippen molar-refractivity contribution in [1.82, 2.24) is 5.32 Å². The van der Waals surface area contributed by atoms with Crippen LogP contribution in [0.2, 0.25) is 0 Å². The average Bonchev–Trinajstić information content (AvgIpc) is 3.37. The lowest BCUT2D eigenvalue weighted by molar-refractivity contribution is 0.0955. The number of aliphatic hydroxyl groups excluding tert-OH is 1. The summed E-state index contributed by atoms with van der Waals surface area (Å²) < 4.78 is 26.1. The number of fused-ring (bicyclic) bond motifs is 1. The summed E-state index contributed by atoms with van der Waals surface area (Å²) in [6.07, 6.45) is 2.14. The van der Waals surface area contributed by atoms with Gasteiger partial charge in [0.1, 0.15) is 0 Å². The second-order valence-corrected chi connectivity index (χ2v) is 14.5. The van der Waals surface area contributed by atoms with Crippen LogP contribution in [0.5, 0.6) is 0 Å². The molecule has 0 aromatic heterocycles. The summed E-state index contributed by atoms with van der Waals surface area (Å²) >= 11 is 0. The van der Waals surface area contributed by atoms with Gasteiger partial charge in [-0.25, -0.2) is 8.42 Å². The first-order chi connectivity index (χ1) is 22.0. The van der Waals surface area contributed by atoms with E-state index in [1.54, 1.807) is 18.2 Å². The van der Waals surface area contributed by atoms with Crippen molar-refractivity contribution in [2.45, 2.75) is 50.7 Å². The van der Waals surface area contributed by atoms with E-state index in [-0.39, 0.29) is 48.0 Å². The lowest BCUT2D eigenvalue weighted by Gasteiger charge is -2.23.